The molecule has 0 saturated carbocycles. The lowest BCUT2D eigenvalue weighted by Gasteiger charge is -2.26. The molecule has 8 aromatic carbocycles. The fourth-order valence-electron chi connectivity index (χ4n) is 9.11. The van der Waals surface area contributed by atoms with Crippen LogP contribution in [0.25, 0.3) is 87.9 Å². The van der Waals surface area contributed by atoms with Crippen molar-refractivity contribution in [3.63, 3.8) is 0 Å². The number of anilines is 3. The predicted molar refractivity (Wildman–Crippen MR) is 247 cm³/mol. The quantitative estimate of drug-likeness (QED) is 0.144. The molecule has 11 rings (SSSR count). The highest BCUT2D eigenvalue weighted by Crippen LogP contribution is 2.42. The molecule has 0 atom stereocenters. The second-order valence-electron chi connectivity index (χ2n) is 15.1. The van der Waals surface area contributed by atoms with Crippen molar-refractivity contribution in [2.24, 2.45) is 0 Å². The molecule has 0 unspecified atom stereocenters. The number of para-hydroxylation sites is 4. The molecular formula is C55H40N2O. The van der Waals surface area contributed by atoms with E-state index in [4.69, 9.17) is 4.42 Å². The van der Waals surface area contributed by atoms with Gasteiger partial charge in [-0.05, 0) is 102 Å². The van der Waals surface area contributed by atoms with Gasteiger partial charge in [0.05, 0.1) is 16.6 Å². The number of allylic oxidation sites excluding steroid dienone is 4. The van der Waals surface area contributed by atoms with Gasteiger partial charge in [0.1, 0.15) is 11.2 Å². The van der Waals surface area contributed by atoms with Crippen molar-refractivity contribution in [3.05, 3.63) is 200 Å². The number of nitrogens with zero attached hydrogens (tertiary/aromatic N) is 2. The number of hydrogen-bond acceptors (Lipinski definition) is 2. The Hall–Kier alpha value is -7.36. The Kier molecular flexibility index (Phi) is 8.01. The van der Waals surface area contributed by atoms with Crippen molar-refractivity contribution in [2.75, 3.05) is 4.90 Å². The average Bonchev–Trinajstić information content (AvgIpc) is 3.94. The molecule has 3 heterocycles. The fraction of sp³-hybridized carbons (Fsp3) is 0.0545. The molecule has 11 aromatic rings. The zero-order valence-electron chi connectivity index (χ0n) is 32.5. The summed E-state index contributed by atoms with van der Waals surface area (Å²) in [6.45, 7) is 4.26. The van der Waals surface area contributed by atoms with Crippen LogP contribution in [-0.4, -0.2) is 4.40 Å². The third kappa shape index (κ3) is 5.35. The summed E-state index contributed by atoms with van der Waals surface area (Å²) in [4.78, 5) is 2.35. The van der Waals surface area contributed by atoms with Gasteiger partial charge in [-0.25, -0.2) is 0 Å². The van der Waals surface area contributed by atoms with Crippen molar-refractivity contribution in [3.8, 4) is 22.3 Å². The third-order valence-electron chi connectivity index (χ3n) is 11.8. The van der Waals surface area contributed by atoms with E-state index in [0.717, 1.165) is 56.5 Å². The number of hydrogen-bond donors (Lipinski definition) is 0. The first-order chi connectivity index (χ1) is 28.7. The van der Waals surface area contributed by atoms with E-state index in [1.807, 2.05) is 12.1 Å². The molecule has 0 spiro atoms. The SMILES string of the molecule is C/C=C\C(=C/CC)c1ccc(N(c2ccc(-c3ccc4c(c3)c3cccc5c6ccccc6n4c53)cc2)c2ccc(-c3cccc4c3oc3ccccc34)cc2)cc1. The van der Waals surface area contributed by atoms with Crippen LogP contribution >= 0.6 is 0 Å². The molecular weight excluding hydrogens is 705 g/mol. The standard InChI is InChI=1S/C55H40N2O/c1-3-11-36(12-4-2)37-21-28-41(29-22-37)56(43-32-25-39(26-33-43)44-15-9-18-49-46-14-6-8-20-53(46)58-55(44)49)42-30-23-38(24-31-42)40-27-34-52-50(35-40)48-17-10-16-47-45-13-5-7-19-51(45)57(52)54(47)48/h3,5-35H,4H2,1-2H3/b11-3-,36-12+. The Bertz CT molecular complexity index is 3360. The molecule has 0 aliphatic heterocycles. The largest absolute Gasteiger partial charge is 0.455 e. The number of rotatable bonds is 8. The minimum atomic E-state index is 0.909. The van der Waals surface area contributed by atoms with Gasteiger partial charge in [0.2, 0.25) is 0 Å². The minimum Gasteiger partial charge on any atom is -0.455 e. The highest BCUT2D eigenvalue weighted by molar-refractivity contribution is 6.23. The first kappa shape index (κ1) is 33.9. The lowest BCUT2D eigenvalue weighted by atomic mass is 10.0. The molecule has 0 amide bonds. The zero-order valence-corrected chi connectivity index (χ0v) is 32.5. The molecule has 0 aliphatic carbocycles. The van der Waals surface area contributed by atoms with E-state index in [9.17, 15) is 0 Å². The molecule has 0 bridgehead atoms. The first-order valence-electron chi connectivity index (χ1n) is 20.2. The maximum Gasteiger partial charge on any atom is 0.143 e. The van der Waals surface area contributed by atoms with Gasteiger partial charge < -0.3 is 13.7 Å². The lowest BCUT2D eigenvalue weighted by Crippen LogP contribution is -2.10. The predicted octanol–water partition coefficient (Wildman–Crippen LogP) is 15.9. The van der Waals surface area contributed by atoms with E-state index in [1.54, 1.807) is 0 Å². The summed E-state index contributed by atoms with van der Waals surface area (Å²) >= 11 is 0. The van der Waals surface area contributed by atoms with Gasteiger partial charge in [0, 0.05) is 54.9 Å². The fourth-order valence-corrected chi connectivity index (χ4v) is 9.11. The van der Waals surface area contributed by atoms with Crippen LogP contribution in [-0.2, 0) is 0 Å². The summed E-state index contributed by atoms with van der Waals surface area (Å²) in [7, 11) is 0. The lowest BCUT2D eigenvalue weighted by molar-refractivity contribution is 0.670. The Labute approximate surface area is 337 Å². The summed E-state index contributed by atoms with van der Waals surface area (Å²) in [5.41, 5.74) is 15.9. The maximum absolute atomic E-state index is 6.41. The van der Waals surface area contributed by atoms with Crippen LogP contribution < -0.4 is 4.90 Å². The van der Waals surface area contributed by atoms with Gasteiger partial charge in [0.25, 0.3) is 0 Å². The van der Waals surface area contributed by atoms with Gasteiger partial charge in [0.15, 0.2) is 0 Å². The topological polar surface area (TPSA) is 20.8 Å². The van der Waals surface area contributed by atoms with Gasteiger partial charge in [-0.3, -0.25) is 0 Å². The normalized spacial score (nSPS) is 12.4. The van der Waals surface area contributed by atoms with Crippen molar-refractivity contribution >= 4 is 82.7 Å². The Morgan fingerprint density at radius 2 is 1.12 bits per heavy atom. The van der Waals surface area contributed by atoms with Crippen molar-refractivity contribution in [1.82, 2.24) is 4.40 Å². The molecule has 0 fully saturated rings. The highest BCUT2D eigenvalue weighted by atomic mass is 16.3. The summed E-state index contributed by atoms with van der Waals surface area (Å²) in [6.07, 6.45) is 7.57. The van der Waals surface area contributed by atoms with Crippen LogP contribution in [0.2, 0.25) is 0 Å². The number of benzene rings is 8. The van der Waals surface area contributed by atoms with Crippen LogP contribution in [0, 0.1) is 0 Å². The number of furan rings is 1. The molecule has 0 saturated heterocycles. The second-order valence-corrected chi connectivity index (χ2v) is 15.1. The minimum absolute atomic E-state index is 0.909. The van der Waals surface area contributed by atoms with E-state index in [2.05, 4.69) is 205 Å². The van der Waals surface area contributed by atoms with E-state index in [-0.39, 0.29) is 0 Å². The smallest absolute Gasteiger partial charge is 0.143 e. The van der Waals surface area contributed by atoms with Gasteiger partial charge >= 0.3 is 0 Å². The molecule has 0 N–H and O–H groups in total. The molecule has 0 radical (unpaired) electrons. The molecule has 276 valence electrons. The van der Waals surface area contributed by atoms with Crippen LogP contribution in [0.3, 0.4) is 0 Å². The third-order valence-corrected chi connectivity index (χ3v) is 11.8. The average molecular weight is 745 g/mol. The second kappa shape index (κ2) is 13.7. The Balaban J connectivity index is 0.990. The summed E-state index contributed by atoms with van der Waals surface area (Å²) in [5.74, 6) is 0. The Morgan fingerprint density at radius 1 is 0.534 bits per heavy atom. The maximum atomic E-state index is 6.41. The molecule has 58 heavy (non-hydrogen) atoms. The number of fused-ring (bicyclic) bond motifs is 9. The number of aromatic nitrogens is 1. The first-order valence-corrected chi connectivity index (χ1v) is 20.2. The molecule has 0 aliphatic rings. The van der Waals surface area contributed by atoms with Gasteiger partial charge in [-0.1, -0.05) is 140 Å². The van der Waals surface area contributed by atoms with Crippen LogP contribution in [0.4, 0.5) is 17.1 Å². The van der Waals surface area contributed by atoms with Crippen LogP contribution in [0.1, 0.15) is 25.8 Å². The van der Waals surface area contributed by atoms with Crippen molar-refractivity contribution in [2.45, 2.75) is 20.3 Å². The molecule has 3 aromatic heterocycles. The highest BCUT2D eigenvalue weighted by Gasteiger charge is 2.19. The monoisotopic (exact) mass is 744 g/mol. The van der Waals surface area contributed by atoms with Crippen molar-refractivity contribution in [1.29, 1.82) is 0 Å². The van der Waals surface area contributed by atoms with E-state index < -0.39 is 0 Å². The van der Waals surface area contributed by atoms with E-state index in [0.29, 0.717) is 0 Å². The Morgan fingerprint density at radius 3 is 1.86 bits per heavy atom. The zero-order chi connectivity index (χ0) is 38.7. The van der Waals surface area contributed by atoms with Crippen LogP contribution in [0.15, 0.2) is 199 Å². The molecule has 3 heteroatoms. The van der Waals surface area contributed by atoms with Gasteiger partial charge in [-0.15, -0.1) is 0 Å². The summed E-state index contributed by atoms with van der Waals surface area (Å²) < 4.78 is 8.85. The summed E-state index contributed by atoms with van der Waals surface area (Å²) in [6, 6.07) is 63.9. The van der Waals surface area contributed by atoms with Crippen molar-refractivity contribution < 1.29 is 4.42 Å². The molecule has 3 nitrogen and oxygen atoms in total. The van der Waals surface area contributed by atoms with E-state index in [1.165, 1.54) is 60.4 Å². The van der Waals surface area contributed by atoms with Gasteiger partial charge in [-0.2, -0.15) is 0 Å². The van der Waals surface area contributed by atoms with E-state index >= 15 is 0 Å². The summed E-state index contributed by atoms with van der Waals surface area (Å²) in [5, 5.41) is 7.46. The van der Waals surface area contributed by atoms with Crippen LogP contribution in [0.5, 0.6) is 0 Å².